The predicted molar refractivity (Wildman–Crippen MR) is 73.0 cm³/mol. The molecule has 21 heavy (non-hydrogen) atoms. The normalized spacial score (nSPS) is 14.9. The third-order valence-corrected chi connectivity index (χ3v) is 3.30. The topological polar surface area (TPSA) is 64.3 Å². The lowest BCUT2D eigenvalue weighted by Gasteiger charge is -2.20. The molecule has 3 N–H and O–H groups in total. The second-order valence-electron chi connectivity index (χ2n) is 4.74. The van der Waals surface area contributed by atoms with E-state index in [9.17, 15) is 13.6 Å². The van der Waals surface area contributed by atoms with Crippen molar-refractivity contribution < 1.29 is 18.3 Å². The molecule has 1 atom stereocenters. The minimum absolute atomic E-state index is 0.0262. The van der Waals surface area contributed by atoms with Gasteiger partial charge in [-0.05, 0) is 35.4 Å². The van der Waals surface area contributed by atoms with E-state index in [1.54, 1.807) is 18.2 Å². The number of rotatable bonds is 2. The average Bonchev–Trinajstić information content (AvgIpc) is 2.48. The van der Waals surface area contributed by atoms with Gasteiger partial charge in [0, 0.05) is 0 Å². The lowest BCUT2D eigenvalue weighted by atomic mass is 9.98. The predicted octanol–water partition coefficient (Wildman–Crippen LogP) is 2.34. The van der Waals surface area contributed by atoms with Crippen LogP contribution in [0.4, 0.5) is 14.5 Å². The van der Waals surface area contributed by atoms with Crippen LogP contribution >= 0.6 is 0 Å². The van der Waals surface area contributed by atoms with E-state index in [1.165, 1.54) is 6.07 Å². The molecule has 2 aromatic rings. The fourth-order valence-electron chi connectivity index (χ4n) is 2.19. The first kappa shape index (κ1) is 13.5. The number of hydrogen-bond acceptors (Lipinski definition) is 3. The molecular formula is C15H12F2N2O2. The van der Waals surface area contributed by atoms with Crippen LogP contribution in [-0.2, 0) is 4.79 Å². The SMILES string of the molecule is NC(c1ccc(F)c(F)c1)c1ccc2c(c1)NC(=O)CO2. The monoisotopic (exact) mass is 290 g/mol. The van der Waals surface area contributed by atoms with Gasteiger partial charge in [0.25, 0.3) is 5.91 Å². The zero-order valence-corrected chi connectivity index (χ0v) is 10.9. The standard InChI is InChI=1S/C15H12F2N2O2/c16-10-3-1-8(5-11(10)17)15(18)9-2-4-13-12(6-9)19-14(20)7-21-13/h1-6,15H,7,18H2,(H,19,20). The van der Waals surface area contributed by atoms with Crippen LogP contribution in [0.15, 0.2) is 36.4 Å². The molecule has 3 rings (SSSR count). The number of nitrogens with one attached hydrogen (secondary N) is 1. The molecule has 6 heteroatoms. The summed E-state index contributed by atoms with van der Waals surface area (Å²) in [6.45, 7) is -0.0262. The van der Waals surface area contributed by atoms with E-state index in [-0.39, 0.29) is 12.5 Å². The second-order valence-corrected chi connectivity index (χ2v) is 4.74. The largest absolute Gasteiger partial charge is 0.482 e. The summed E-state index contributed by atoms with van der Waals surface area (Å²) in [4.78, 5) is 11.3. The quantitative estimate of drug-likeness (QED) is 0.892. The molecular weight excluding hydrogens is 278 g/mol. The van der Waals surface area contributed by atoms with Gasteiger partial charge in [0.2, 0.25) is 0 Å². The number of carbonyl (C=O) groups is 1. The molecule has 0 aliphatic carbocycles. The molecule has 0 saturated carbocycles. The number of halogens is 2. The molecule has 0 saturated heterocycles. The molecule has 1 amide bonds. The van der Waals surface area contributed by atoms with Gasteiger partial charge in [0.15, 0.2) is 18.2 Å². The van der Waals surface area contributed by atoms with E-state index < -0.39 is 17.7 Å². The van der Waals surface area contributed by atoms with E-state index in [1.807, 2.05) is 0 Å². The van der Waals surface area contributed by atoms with Crippen LogP contribution < -0.4 is 15.8 Å². The number of fused-ring (bicyclic) bond motifs is 1. The third kappa shape index (κ3) is 2.57. The molecule has 108 valence electrons. The molecule has 1 aliphatic heterocycles. The average molecular weight is 290 g/mol. The number of carbonyl (C=O) groups excluding carboxylic acids is 1. The Morgan fingerprint density at radius 1 is 1.10 bits per heavy atom. The smallest absolute Gasteiger partial charge is 0.262 e. The van der Waals surface area contributed by atoms with Crippen LogP contribution in [0.3, 0.4) is 0 Å². The minimum Gasteiger partial charge on any atom is -0.482 e. The van der Waals surface area contributed by atoms with Crippen molar-refractivity contribution in [3.05, 3.63) is 59.2 Å². The highest BCUT2D eigenvalue weighted by molar-refractivity contribution is 5.95. The Kier molecular flexibility index (Phi) is 3.31. The number of ether oxygens (including phenoxy) is 1. The van der Waals surface area contributed by atoms with Crippen LogP contribution in [0.5, 0.6) is 5.75 Å². The number of nitrogens with two attached hydrogens (primary N) is 1. The van der Waals surface area contributed by atoms with Gasteiger partial charge in [0.05, 0.1) is 11.7 Å². The lowest BCUT2D eigenvalue weighted by Crippen LogP contribution is -2.25. The molecule has 2 aromatic carbocycles. The van der Waals surface area contributed by atoms with Crippen molar-refractivity contribution in [3.8, 4) is 5.75 Å². The van der Waals surface area contributed by atoms with Crippen LogP contribution in [0, 0.1) is 11.6 Å². The highest BCUT2D eigenvalue weighted by atomic mass is 19.2. The Labute approximate surface area is 119 Å². The van der Waals surface area contributed by atoms with E-state index in [4.69, 9.17) is 10.5 Å². The van der Waals surface area contributed by atoms with Crippen LogP contribution in [0.25, 0.3) is 0 Å². The van der Waals surface area contributed by atoms with Gasteiger partial charge < -0.3 is 15.8 Å². The Morgan fingerprint density at radius 3 is 2.57 bits per heavy atom. The van der Waals surface area contributed by atoms with E-state index in [0.717, 1.165) is 12.1 Å². The van der Waals surface area contributed by atoms with Gasteiger partial charge in [-0.1, -0.05) is 12.1 Å². The van der Waals surface area contributed by atoms with Crippen molar-refractivity contribution in [2.75, 3.05) is 11.9 Å². The zero-order valence-electron chi connectivity index (χ0n) is 10.9. The Balaban J connectivity index is 1.94. The maximum atomic E-state index is 13.3. The minimum atomic E-state index is -0.947. The third-order valence-electron chi connectivity index (χ3n) is 3.30. The maximum absolute atomic E-state index is 13.3. The van der Waals surface area contributed by atoms with Gasteiger partial charge >= 0.3 is 0 Å². The molecule has 0 fully saturated rings. The summed E-state index contributed by atoms with van der Waals surface area (Å²) in [5.74, 6) is -1.56. The van der Waals surface area contributed by atoms with E-state index in [2.05, 4.69) is 5.32 Å². The number of benzene rings is 2. The van der Waals surface area contributed by atoms with Crippen molar-refractivity contribution in [2.24, 2.45) is 5.73 Å². The number of anilines is 1. The Hall–Kier alpha value is -2.47. The molecule has 1 unspecified atom stereocenters. The van der Waals surface area contributed by atoms with Crippen LogP contribution in [0.2, 0.25) is 0 Å². The summed E-state index contributed by atoms with van der Waals surface area (Å²) in [5.41, 5.74) is 7.68. The summed E-state index contributed by atoms with van der Waals surface area (Å²) in [6, 6.07) is 7.97. The van der Waals surface area contributed by atoms with Gasteiger partial charge in [-0.2, -0.15) is 0 Å². The number of hydrogen-bond donors (Lipinski definition) is 2. The molecule has 0 spiro atoms. The highest BCUT2D eigenvalue weighted by Crippen LogP contribution is 2.32. The second kappa shape index (κ2) is 5.14. The molecule has 0 bridgehead atoms. The fraction of sp³-hybridized carbons (Fsp3) is 0.133. The molecule has 1 heterocycles. The first-order chi connectivity index (χ1) is 10.0. The Morgan fingerprint density at radius 2 is 1.81 bits per heavy atom. The van der Waals surface area contributed by atoms with E-state index in [0.29, 0.717) is 22.6 Å². The van der Waals surface area contributed by atoms with Crippen molar-refractivity contribution in [3.63, 3.8) is 0 Å². The summed E-state index contributed by atoms with van der Waals surface area (Å²) < 4.78 is 31.5. The summed E-state index contributed by atoms with van der Waals surface area (Å²) in [6.07, 6.45) is 0. The van der Waals surface area contributed by atoms with Gasteiger partial charge in [-0.3, -0.25) is 4.79 Å². The summed E-state index contributed by atoms with van der Waals surface area (Å²) in [5, 5.41) is 2.67. The van der Waals surface area contributed by atoms with Gasteiger partial charge in [0.1, 0.15) is 5.75 Å². The van der Waals surface area contributed by atoms with Crippen LogP contribution in [-0.4, -0.2) is 12.5 Å². The van der Waals surface area contributed by atoms with Crippen molar-refractivity contribution in [1.82, 2.24) is 0 Å². The first-order valence-corrected chi connectivity index (χ1v) is 6.32. The maximum Gasteiger partial charge on any atom is 0.262 e. The van der Waals surface area contributed by atoms with Gasteiger partial charge in [-0.15, -0.1) is 0 Å². The molecule has 4 nitrogen and oxygen atoms in total. The lowest BCUT2D eigenvalue weighted by molar-refractivity contribution is -0.118. The van der Waals surface area contributed by atoms with Crippen molar-refractivity contribution in [2.45, 2.75) is 6.04 Å². The summed E-state index contributed by atoms with van der Waals surface area (Å²) >= 11 is 0. The van der Waals surface area contributed by atoms with Crippen LogP contribution in [0.1, 0.15) is 17.2 Å². The Bertz CT molecular complexity index is 719. The summed E-state index contributed by atoms with van der Waals surface area (Å²) in [7, 11) is 0. The fourth-order valence-corrected chi connectivity index (χ4v) is 2.19. The molecule has 0 radical (unpaired) electrons. The van der Waals surface area contributed by atoms with Crippen molar-refractivity contribution >= 4 is 11.6 Å². The highest BCUT2D eigenvalue weighted by Gasteiger charge is 2.18. The molecule has 1 aliphatic rings. The van der Waals surface area contributed by atoms with E-state index >= 15 is 0 Å². The van der Waals surface area contributed by atoms with Crippen molar-refractivity contribution in [1.29, 1.82) is 0 Å². The zero-order chi connectivity index (χ0) is 15.0. The number of amides is 1. The molecule has 0 aromatic heterocycles. The first-order valence-electron chi connectivity index (χ1n) is 6.32. The van der Waals surface area contributed by atoms with Gasteiger partial charge in [-0.25, -0.2) is 8.78 Å².